The Morgan fingerprint density at radius 1 is 0.653 bits per heavy atom. The third-order valence-corrected chi connectivity index (χ3v) is 7.75. The third kappa shape index (κ3) is 26.6. The maximum Gasteiger partial charge on any atom is 0.472 e. The highest BCUT2D eigenvalue weighted by Crippen LogP contribution is 2.43. The summed E-state index contributed by atoms with van der Waals surface area (Å²) < 4.78 is 42.4. The number of unbranched alkanes of at least 4 members (excludes halogenated alkanes) is 10. The summed E-state index contributed by atoms with van der Waals surface area (Å²) in [6.07, 6.45) is 8.42. The zero-order valence-electron chi connectivity index (χ0n) is 28.8. The highest BCUT2D eigenvalue weighted by atomic mass is 31.2. The lowest BCUT2D eigenvalue weighted by Gasteiger charge is -2.22. The Hall–Kier alpha value is -2.95. The SMILES string of the molecule is CCCCCCCCCCCCCC(=O)OC[C@H](COP(=O)(O)OCC(COC(=O)[C@@H](N)CC(=O)O)OC(=O)[C@@H](N)CC(C)=O)OC(C)=O. The zero-order chi connectivity index (χ0) is 37.2. The number of carbonyl (C=O) groups is 6. The van der Waals surface area contributed by atoms with Gasteiger partial charge in [-0.05, 0) is 13.3 Å². The van der Waals surface area contributed by atoms with Crippen molar-refractivity contribution in [2.24, 2.45) is 11.5 Å². The monoisotopic (exact) mass is 726 g/mol. The van der Waals surface area contributed by atoms with Crippen molar-refractivity contribution in [1.29, 1.82) is 0 Å². The van der Waals surface area contributed by atoms with E-state index in [9.17, 15) is 38.2 Å². The summed E-state index contributed by atoms with van der Waals surface area (Å²) in [7, 11) is -4.96. The summed E-state index contributed by atoms with van der Waals surface area (Å²) in [5.41, 5.74) is 11.1. The van der Waals surface area contributed by atoms with Gasteiger partial charge in [0.15, 0.2) is 12.2 Å². The molecular formula is C31H55N2O15P. The molecule has 5 atom stereocenters. The van der Waals surface area contributed by atoms with Crippen molar-refractivity contribution in [2.45, 2.75) is 135 Å². The minimum atomic E-state index is -4.96. The molecule has 49 heavy (non-hydrogen) atoms. The van der Waals surface area contributed by atoms with E-state index in [1.165, 1.54) is 45.4 Å². The normalized spacial score (nSPS) is 14.8. The molecule has 284 valence electrons. The number of hydrogen-bond acceptors (Lipinski definition) is 15. The predicted molar refractivity (Wildman–Crippen MR) is 174 cm³/mol. The highest BCUT2D eigenvalue weighted by molar-refractivity contribution is 7.47. The van der Waals surface area contributed by atoms with Crippen LogP contribution in [-0.2, 0) is 61.3 Å². The number of Topliss-reactive ketones (excluding diaryl/α,β-unsaturated/α-hetero) is 1. The predicted octanol–water partition coefficient (Wildman–Crippen LogP) is 2.86. The number of ether oxygens (including phenoxy) is 4. The molecule has 0 aromatic rings. The molecule has 0 heterocycles. The van der Waals surface area contributed by atoms with Gasteiger partial charge < -0.3 is 40.4 Å². The topological polar surface area (TPSA) is 267 Å². The molecule has 2 unspecified atom stereocenters. The van der Waals surface area contributed by atoms with Crippen molar-refractivity contribution in [3.63, 3.8) is 0 Å². The highest BCUT2D eigenvalue weighted by Gasteiger charge is 2.30. The summed E-state index contributed by atoms with van der Waals surface area (Å²) >= 11 is 0. The number of carboxylic acid groups (broad SMARTS) is 1. The molecule has 0 aromatic carbocycles. The second kappa shape index (κ2) is 26.9. The summed E-state index contributed by atoms with van der Waals surface area (Å²) in [5, 5.41) is 8.79. The third-order valence-electron chi connectivity index (χ3n) is 6.80. The summed E-state index contributed by atoms with van der Waals surface area (Å²) in [6.45, 7) is 1.56. The molecule has 0 aliphatic heterocycles. The van der Waals surface area contributed by atoms with Gasteiger partial charge in [0.1, 0.15) is 31.1 Å². The molecule has 0 spiro atoms. The van der Waals surface area contributed by atoms with Gasteiger partial charge in [-0.2, -0.15) is 0 Å². The van der Waals surface area contributed by atoms with Gasteiger partial charge in [-0.1, -0.05) is 71.1 Å². The summed E-state index contributed by atoms with van der Waals surface area (Å²) in [6, 6.07) is -2.97. The van der Waals surface area contributed by atoms with E-state index in [0.717, 1.165) is 32.6 Å². The van der Waals surface area contributed by atoms with Crippen LogP contribution in [0.3, 0.4) is 0 Å². The van der Waals surface area contributed by atoms with Gasteiger partial charge in [0.25, 0.3) is 0 Å². The minimum Gasteiger partial charge on any atom is -0.481 e. The van der Waals surface area contributed by atoms with E-state index >= 15 is 0 Å². The molecule has 18 heteroatoms. The van der Waals surface area contributed by atoms with Crippen LogP contribution >= 0.6 is 7.82 Å². The molecule has 0 rings (SSSR count). The molecular weight excluding hydrogens is 671 g/mol. The van der Waals surface area contributed by atoms with E-state index in [1.807, 2.05) is 0 Å². The Bertz CT molecular complexity index is 1070. The molecule has 6 N–H and O–H groups in total. The van der Waals surface area contributed by atoms with E-state index in [0.29, 0.717) is 6.42 Å². The fraction of sp³-hybridized carbons (Fsp3) is 0.806. The standard InChI is InChI=1S/C31H55N2O15P/c1-4-5-6-7-8-9-10-11-12-13-14-15-29(38)43-18-24(47-23(3)35)20-45-49(41,42)46-21-25(48-31(40)26(32)16-22(2)34)19-44-30(39)27(33)17-28(36)37/h24-27H,4-21,32-33H2,1-3H3,(H,36,37)(H,41,42)/t24-,25?,26+,27+/m1/s1. The lowest BCUT2D eigenvalue weighted by atomic mass is 10.1. The molecule has 0 aromatic heterocycles. The molecule has 0 saturated heterocycles. The quantitative estimate of drug-likeness (QED) is 0.0359. The van der Waals surface area contributed by atoms with Gasteiger partial charge in [0.2, 0.25) is 0 Å². The van der Waals surface area contributed by atoms with Crippen LogP contribution in [0.25, 0.3) is 0 Å². The second-order valence-corrected chi connectivity index (χ2v) is 13.1. The molecule has 0 fully saturated rings. The molecule has 0 bridgehead atoms. The average molecular weight is 727 g/mol. The zero-order valence-corrected chi connectivity index (χ0v) is 29.7. The van der Waals surface area contributed by atoms with E-state index in [4.69, 9.17) is 44.6 Å². The maximum atomic E-state index is 12.6. The van der Waals surface area contributed by atoms with Crippen molar-refractivity contribution in [2.75, 3.05) is 26.4 Å². The largest absolute Gasteiger partial charge is 0.481 e. The maximum absolute atomic E-state index is 12.6. The number of phosphoric acid groups is 1. The Labute approximate surface area is 287 Å². The van der Waals surface area contributed by atoms with Gasteiger partial charge in [0, 0.05) is 19.8 Å². The van der Waals surface area contributed by atoms with Crippen molar-refractivity contribution in [1.82, 2.24) is 0 Å². The van der Waals surface area contributed by atoms with Crippen molar-refractivity contribution in [3.8, 4) is 0 Å². The smallest absolute Gasteiger partial charge is 0.472 e. The van der Waals surface area contributed by atoms with Crippen LogP contribution in [0, 0.1) is 0 Å². The first kappa shape index (κ1) is 46.0. The molecule has 17 nitrogen and oxygen atoms in total. The van der Waals surface area contributed by atoms with E-state index in [2.05, 4.69) is 6.92 Å². The fourth-order valence-corrected chi connectivity index (χ4v) is 5.03. The summed E-state index contributed by atoms with van der Waals surface area (Å²) in [4.78, 5) is 80.3. The van der Waals surface area contributed by atoms with Crippen molar-refractivity contribution >= 4 is 43.5 Å². The molecule has 0 saturated carbocycles. The van der Waals surface area contributed by atoms with Crippen LogP contribution in [0.5, 0.6) is 0 Å². The number of esters is 4. The van der Waals surface area contributed by atoms with Crippen LogP contribution in [-0.4, -0.2) is 96.3 Å². The lowest BCUT2D eigenvalue weighted by Crippen LogP contribution is -2.41. The Morgan fingerprint density at radius 2 is 1.12 bits per heavy atom. The van der Waals surface area contributed by atoms with Crippen LogP contribution < -0.4 is 11.5 Å². The number of rotatable bonds is 30. The Balaban J connectivity index is 4.88. The lowest BCUT2D eigenvalue weighted by molar-refractivity contribution is -0.164. The fourth-order valence-electron chi connectivity index (χ4n) is 4.25. The average Bonchev–Trinajstić information content (AvgIpc) is 3.01. The number of carbonyl (C=O) groups excluding carboxylic acids is 5. The van der Waals surface area contributed by atoms with E-state index in [1.54, 1.807) is 0 Å². The first-order valence-corrected chi connectivity index (χ1v) is 18.1. The second-order valence-electron chi connectivity index (χ2n) is 11.7. The number of ketones is 1. The first-order chi connectivity index (χ1) is 23.1. The first-order valence-electron chi connectivity index (χ1n) is 16.6. The number of hydrogen-bond donors (Lipinski definition) is 4. The van der Waals surface area contributed by atoms with Crippen molar-refractivity contribution < 1.29 is 71.3 Å². The number of phosphoric ester groups is 1. The number of aliphatic carboxylic acids is 1. The van der Waals surface area contributed by atoms with Gasteiger partial charge in [0.05, 0.1) is 19.6 Å². The summed E-state index contributed by atoms with van der Waals surface area (Å²) in [5.74, 6) is -5.44. The van der Waals surface area contributed by atoms with Crippen LogP contribution in [0.1, 0.15) is 111 Å². The van der Waals surface area contributed by atoms with Gasteiger partial charge in [-0.25, -0.2) is 4.57 Å². The minimum absolute atomic E-state index is 0.147. The number of nitrogens with two attached hydrogens (primary N) is 2. The van der Waals surface area contributed by atoms with Crippen molar-refractivity contribution in [3.05, 3.63) is 0 Å². The Morgan fingerprint density at radius 3 is 1.61 bits per heavy atom. The molecule has 0 radical (unpaired) electrons. The van der Waals surface area contributed by atoms with Gasteiger partial charge in [-0.3, -0.25) is 37.8 Å². The van der Waals surface area contributed by atoms with E-state index < -0.39 is 107 Å². The van der Waals surface area contributed by atoms with Crippen LogP contribution in [0.4, 0.5) is 0 Å². The van der Waals surface area contributed by atoms with Crippen LogP contribution in [0.15, 0.2) is 0 Å². The molecule has 0 aliphatic carbocycles. The molecule has 0 aliphatic rings. The van der Waals surface area contributed by atoms with E-state index in [-0.39, 0.29) is 6.42 Å². The molecule has 0 amide bonds. The van der Waals surface area contributed by atoms with Gasteiger partial charge >= 0.3 is 37.7 Å². The Kier molecular flexibility index (Phi) is 25.2. The van der Waals surface area contributed by atoms with Gasteiger partial charge in [-0.15, -0.1) is 0 Å². The number of carboxylic acids is 1. The van der Waals surface area contributed by atoms with Crippen LogP contribution in [0.2, 0.25) is 0 Å².